The number of aliphatic hydroxyl groups is 2. The molecule has 1 amide bonds. The van der Waals surface area contributed by atoms with Gasteiger partial charge in [0.25, 0.3) is 5.91 Å². The first-order chi connectivity index (χ1) is 14.4. The number of amides is 1. The number of nitrogens with zero attached hydrogens (tertiary/aromatic N) is 1. The van der Waals surface area contributed by atoms with E-state index < -0.39 is 17.8 Å². The third kappa shape index (κ3) is 4.05. The number of phenolic OH excluding ortho intramolecular Hbond substituents is 2. The third-order valence-electron chi connectivity index (χ3n) is 4.51. The SMILES string of the molecule is O=C(Nc1nc(C2=CC(O)CC(O)=C2)c(-c2ccccc2)s1)c1ccc(O)c(O)c1. The van der Waals surface area contributed by atoms with E-state index in [2.05, 4.69) is 10.3 Å². The van der Waals surface area contributed by atoms with Crippen molar-refractivity contribution in [2.75, 3.05) is 5.32 Å². The number of aliphatic hydroxyl groups excluding tert-OH is 2. The lowest BCUT2D eigenvalue weighted by Crippen LogP contribution is -2.12. The van der Waals surface area contributed by atoms with Crippen LogP contribution in [-0.4, -0.2) is 37.4 Å². The molecule has 1 unspecified atom stereocenters. The smallest absolute Gasteiger partial charge is 0.257 e. The number of rotatable bonds is 4. The monoisotopic (exact) mass is 422 g/mol. The number of anilines is 1. The van der Waals surface area contributed by atoms with Gasteiger partial charge in [-0.15, -0.1) is 0 Å². The van der Waals surface area contributed by atoms with Crippen LogP contribution in [0.4, 0.5) is 5.13 Å². The summed E-state index contributed by atoms with van der Waals surface area (Å²) >= 11 is 1.25. The molecule has 0 bridgehead atoms. The summed E-state index contributed by atoms with van der Waals surface area (Å²) in [7, 11) is 0. The molecule has 0 spiro atoms. The van der Waals surface area contributed by atoms with Crippen LogP contribution in [0.1, 0.15) is 22.5 Å². The summed E-state index contributed by atoms with van der Waals surface area (Å²) in [4.78, 5) is 17.9. The molecule has 0 aliphatic heterocycles. The normalized spacial score (nSPS) is 16.0. The Morgan fingerprint density at radius 2 is 1.83 bits per heavy atom. The Hall–Kier alpha value is -3.62. The minimum Gasteiger partial charge on any atom is -0.512 e. The molecule has 0 fully saturated rings. The number of aromatic hydroxyl groups is 2. The molecule has 30 heavy (non-hydrogen) atoms. The highest BCUT2D eigenvalue weighted by atomic mass is 32.1. The van der Waals surface area contributed by atoms with E-state index in [1.165, 1.54) is 23.5 Å². The fourth-order valence-corrected chi connectivity index (χ4v) is 4.09. The highest BCUT2D eigenvalue weighted by molar-refractivity contribution is 7.19. The van der Waals surface area contributed by atoms with E-state index >= 15 is 0 Å². The number of carbonyl (C=O) groups is 1. The number of carbonyl (C=O) groups excluding carboxylic acids is 1. The van der Waals surface area contributed by atoms with Crippen molar-refractivity contribution in [3.8, 4) is 21.9 Å². The van der Waals surface area contributed by atoms with Crippen LogP contribution in [0.15, 0.2) is 66.4 Å². The maximum Gasteiger partial charge on any atom is 0.257 e. The fraction of sp³-hybridized carbons (Fsp3) is 0.0909. The summed E-state index contributed by atoms with van der Waals surface area (Å²) in [6.45, 7) is 0. The molecule has 3 aromatic rings. The zero-order valence-electron chi connectivity index (χ0n) is 15.6. The first kappa shape index (κ1) is 19.7. The molecule has 152 valence electrons. The lowest BCUT2D eigenvalue weighted by Gasteiger charge is -2.14. The van der Waals surface area contributed by atoms with Gasteiger partial charge in [-0.05, 0) is 35.9 Å². The lowest BCUT2D eigenvalue weighted by atomic mass is 9.99. The van der Waals surface area contributed by atoms with E-state index in [4.69, 9.17) is 0 Å². The molecule has 0 saturated heterocycles. The number of nitrogens with one attached hydrogen (secondary N) is 1. The number of hydrogen-bond acceptors (Lipinski definition) is 7. The molecule has 4 rings (SSSR count). The highest BCUT2D eigenvalue weighted by Crippen LogP contribution is 2.39. The zero-order valence-corrected chi connectivity index (χ0v) is 16.4. The molecule has 7 nitrogen and oxygen atoms in total. The van der Waals surface area contributed by atoms with Crippen molar-refractivity contribution < 1.29 is 25.2 Å². The number of thiazole rings is 1. The third-order valence-corrected chi connectivity index (χ3v) is 5.53. The first-order valence-electron chi connectivity index (χ1n) is 9.10. The Morgan fingerprint density at radius 3 is 2.53 bits per heavy atom. The largest absolute Gasteiger partial charge is 0.512 e. The predicted octanol–water partition coefficient (Wildman–Crippen LogP) is 4.06. The quantitative estimate of drug-likeness (QED) is 0.404. The second-order valence-electron chi connectivity index (χ2n) is 6.75. The van der Waals surface area contributed by atoms with Gasteiger partial charge in [-0.1, -0.05) is 41.7 Å². The zero-order chi connectivity index (χ0) is 21.3. The van der Waals surface area contributed by atoms with E-state index in [9.17, 15) is 25.2 Å². The summed E-state index contributed by atoms with van der Waals surface area (Å²) in [5.74, 6) is -1.16. The van der Waals surface area contributed by atoms with Crippen LogP contribution in [0.2, 0.25) is 0 Å². The van der Waals surface area contributed by atoms with Crippen molar-refractivity contribution >= 4 is 27.9 Å². The highest BCUT2D eigenvalue weighted by Gasteiger charge is 2.21. The summed E-state index contributed by atoms with van der Waals surface area (Å²) < 4.78 is 0. The van der Waals surface area contributed by atoms with E-state index in [1.807, 2.05) is 30.3 Å². The minimum atomic E-state index is -0.826. The first-order valence-corrected chi connectivity index (χ1v) is 9.91. The molecular weight excluding hydrogens is 404 g/mol. The van der Waals surface area contributed by atoms with Crippen LogP contribution in [0, 0.1) is 0 Å². The van der Waals surface area contributed by atoms with Crippen LogP contribution in [0.5, 0.6) is 11.5 Å². The topological polar surface area (TPSA) is 123 Å². The fourth-order valence-electron chi connectivity index (χ4n) is 3.10. The summed E-state index contributed by atoms with van der Waals surface area (Å²) in [6, 6.07) is 13.2. The van der Waals surface area contributed by atoms with Gasteiger partial charge in [-0.2, -0.15) is 0 Å². The molecule has 1 aliphatic rings. The van der Waals surface area contributed by atoms with Crippen molar-refractivity contribution in [2.45, 2.75) is 12.5 Å². The lowest BCUT2D eigenvalue weighted by molar-refractivity contribution is 0.102. The van der Waals surface area contributed by atoms with Crippen LogP contribution >= 0.6 is 11.3 Å². The Labute approximate surface area is 175 Å². The van der Waals surface area contributed by atoms with E-state index in [1.54, 1.807) is 12.2 Å². The number of phenols is 2. The van der Waals surface area contributed by atoms with E-state index in [0.717, 1.165) is 16.5 Å². The second kappa shape index (κ2) is 8.02. The van der Waals surface area contributed by atoms with Crippen molar-refractivity contribution in [3.05, 3.63) is 77.7 Å². The van der Waals surface area contributed by atoms with Gasteiger partial charge in [0.05, 0.1) is 22.4 Å². The van der Waals surface area contributed by atoms with Crippen LogP contribution in [0.3, 0.4) is 0 Å². The van der Waals surface area contributed by atoms with Crippen molar-refractivity contribution in [3.63, 3.8) is 0 Å². The molecule has 2 aromatic carbocycles. The molecule has 1 aliphatic carbocycles. The van der Waals surface area contributed by atoms with Crippen LogP contribution < -0.4 is 5.32 Å². The maximum atomic E-state index is 12.6. The van der Waals surface area contributed by atoms with Gasteiger partial charge < -0.3 is 20.4 Å². The molecule has 0 saturated carbocycles. The Morgan fingerprint density at radius 1 is 1.07 bits per heavy atom. The van der Waals surface area contributed by atoms with E-state index in [-0.39, 0.29) is 23.5 Å². The standard InChI is InChI=1S/C22H18N2O5S/c25-15-8-14(9-16(26)11-15)19-20(12-4-2-1-3-5-12)30-22(23-19)24-21(29)13-6-7-17(27)18(28)10-13/h1-10,15,25-28H,11H2,(H,23,24,29). The molecular formula is C22H18N2O5S. The van der Waals surface area contributed by atoms with E-state index in [0.29, 0.717) is 16.4 Å². The number of benzene rings is 2. The van der Waals surface area contributed by atoms with Gasteiger partial charge in [-0.25, -0.2) is 4.98 Å². The molecule has 1 aromatic heterocycles. The van der Waals surface area contributed by atoms with Gasteiger partial charge in [0.15, 0.2) is 16.6 Å². The predicted molar refractivity (Wildman–Crippen MR) is 115 cm³/mol. The van der Waals surface area contributed by atoms with Crippen LogP contribution in [0.25, 0.3) is 16.0 Å². The summed E-state index contributed by atoms with van der Waals surface area (Å²) in [5, 5.41) is 42.0. The molecule has 8 heteroatoms. The molecule has 0 radical (unpaired) electrons. The maximum absolute atomic E-state index is 12.6. The van der Waals surface area contributed by atoms with Gasteiger partial charge >= 0.3 is 0 Å². The Bertz CT molecular complexity index is 1170. The van der Waals surface area contributed by atoms with Crippen molar-refractivity contribution in [1.82, 2.24) is 4.98 Å². The number of aromatic nitrogens is 1. The summed E-state index contributed by atoms with van der Waals surface area (Å²) in [5.41, 5.74) is 2.12. The van der Waals surface area contributed by atoms with Crippen molar-refractivity contribution in [2.24, 2.45) is 0 Å². The average molecular weight is 422 g/mol. The second-order valence-corrected chi connectivity index (χ2v) is 7.75. The van der Waals surface area contributed by atoms with Gasteiger partial charge in [-0.3, -0.25) is 10.1 Å². The van der Waals surface area contributed by atoms with Crippen LogP contribution in [-0.2, 0) is 0 Å². The minimum absolute atomic E-state index is 0.0529. The molecule has 5 N–H and O–H groups in total. The van der Waals surface area contributed by atoms with Gasteiger partial charge in [0.2, 0.25) is 0 Å². The van der Waals surface area contributed by atoms with Gasteiger partial charge in [0.1, 0.15) is 0 Å². The Kier molecular flexibility index (Phi) is 5.26. The molecule has 1 atom stereocenters. The summed E-state index contributed by atoms with van der Waals surface area (Å²) in [6.07, 6.45) is 2.48. The Balaban J connectivity index is 1.72. The number of hydrogen-bond donors (Lipinski definition) is 5. The molecule has 1 heterocycles. The van der Waals surface area contributed by atoms with Crippen molar-refractivity contribution in [1.29, 1.82) is 0 Å². The van der Waals surface area contributed by atoms with Gasteiger partial charge in [0, 0.05) is 17.6 Å². The number of allylic oxidation sites excluding steroid dienone is 2. The average Bonchev–Trinajstić information content (AvgIpc) is 3.14.